The topological polar surface area (TPSA) is 84.2 Å². The number of carbonyl (C=O) groups excluding carboxylic acids is 2. The fourth-order valence-corrected chi connectivity index (χ4v) is 2.65. The van der Waals surface area contributed by atoms with E-state index in [-0.39, 0.29) is 17.4 Å². The monoisotopic (exact) mass is 275 g/mol. The summed E-state index contributed by atoms with van der Waals surface area (Å²) in [5, 5.41) is 5.74. The van der Waals surface area contributed by atoms with Crippen LogP contribution in [0.2, 0.25) is 0 Å². The van der Waals surface area contributed by atoms with Gasteiger partial charge >= 0.3 is 0 Å². The van der Waals surface area contributed by atoms with Crippen LogP contribution in [0.25, 0.3) is 0 Å². The second kappa shape index (κ2) is 6.05. The molecule has 108 valence electrons. The van der Waals surface area contributed by atoms with Gasteiger partial charge in [-0.1, -0.05) is 12.8 Å². The highest BCUT2D eigenvalue weighted by Gasteiger charge is 2.33. The predicted molar refractivity (Wildman–Crippen MR) is 78.5 cm³/mol. The Morgan fingerprint density at radius 3 is 2.30 bits per heavy atom. The number of rotatable bonds is 4. The van der Waals surface area contributed by atoms with Gasteiger partial charge in [0.25, 0.3) is 5.91 Å². The Hall–Kier alpha value is -1.88. The Kier molecular flexibility index (Phi) is 4.39. The number of nitrogens with one attached hydrogen (secondary N) is 2. The zero-order chi connectivity index (χ0) is 14.6. The van der Waals surface area contributed by atoms with E-state index in [1.807, 2.05) is 0 Å². The molecule has 2 amide bonds. The minimum absolute atomic E-state index is 0.105. The molecule has 0 atom stereocenters. The van der Waals surface area contributed by atoms with Gasteiger partial charge < -0.3 is 16.4 Å². The maximum absolute atomic E-state index is 12.2. The molecule has 0 saturated heterocycles. The van der Waals surface area contributed by atoms with Crippen molar-refractivity contribution in [1.29, 1.82) is 0 Å². The van der Waals surface area contributed by atoms with E-state index in [9.17, 15) is 9.59 Å². The van der Waals surface area contributed by atoms with Crippen molar-refractivity contribution in [2.45, 2.75) is 38.1 Å². The van der Waals surface area contributed by atoms with Gasteiger partial charge in [0.15, 0.2) is 0 Å². The van der Waals surface area contributed by atoms with Gasteiger partial charge in [-0.3, -0.25) is 9.59 Å². The molecule has 5 nitrogen and oxygen atoms in total. The van der Waals surface area contributed by atoms with E-state index in [2.05, 4.69) is 10.6 Å². The zero-order valence-corrected chi connectivity index (χ0v) is 11.7. The van der Waals surface area contributed by atoms with Crippen molar-refractivity contribution >= 4 is 17.5 Å². The van der Waals surface area contributed by atoms with Crippen LogP contribution in [0.3, 0.4) is 0 Å². The average Bonchev–Trinajstić information content (AvgIpc) is 2.88. The van der Waals surface area contributed by atoms with Crippen molar-refractivity contribution in [2.75, 3.05) is 11.9 Å². The summed E-state index contributed by atoms with van der Waals surface area (Å²) < 4.78 is 0. The standard InChI is InChI=1S/C15H21N3O2/c1-11(19)17-13-6-4-12(5-7-13)14(20)18-15(10-16)8-2-3-9-15/h4-7H,2-3,8-10,16H2,1H3,(H,17,19)(H,18,20). The molecule has 1 aliphatic rings. The number of nitrogens with two attached hydrogens (primary N) is 1. The number of anilines is 1. The van der Waals surface area contributed by atoms with Crippen LogP contribution in [-0.4, -0.2) is 23.9 Å². The van der Waals surface area contributed by atoms with Gasteiger partial charge in [0, 0.05) is 24.7 Å². The summed E-state index contributed by atoms with van der Waals surface area (Å²) in [6.45, 7) is 1.93. The quantitative estimate of drug-likeness (QED) is 0.781. The van der Waals surface area contributed by atoms with Gasteiger partial charge in [0.1, 0.15) is 0 Å². The summed E-state index contributed by atoms with van der Waals surface area (Å²) >= 11 is 0. The van der Waals surface area contributed by atoms with E-state index in [0.717, 1.165) is 25.7 Å². The first kappa shape index (κ1) is 14.5. The molecule has 1 aromatic rings. The lowest BCUT2D eigenvalue weighted by molar-refractivity contribution is -0.114. The fraction of sp³-hybridized carbons (Fsp3) is 0.467. The summed E-state index contributed by atoms with van der Waals surface area (Å²) in [5.41, 5.74) is 6.84. The summed E-state index contributed by atoms with van der Waals surface area (Å²) in [6, 6.07) is 6.86. The van der Waals surface area contributed by atoms with Crippen molar-refractivity contribution in [3.05, 3.63) is 29.8 Å². The van der Waals surface area contributed by atoms with Crippen LogP contribution >= 0.6 is 0 Å². The normalized spacial score (nSPS) is 16.7. The Morgan fingerprint density at radius 2 is 1.80 bits per heavy atom. The first-order valence-corrected chi connectivity index (χ1v) is 6.95. The van der Waals surface area contributed by atoms with Crippen LogP contribution in [-0.2, 0) is 4.79 Å². The lowest BCUT2D eigenvalue weighted by Crippen LogP contribution is -2.51. The molecule has 0 spiro atoms. The molecule has 20 heavy (non-hydrogen) atoms. The molecule has 0 unspecified atom stereocenters. The van der Waals surface area contributed by atoms with Crippen molar-refractivity contribution in [3.63, 3.8) is 0 Å². The largest absolute Gasteiger partial charge is 0.345 e. The van der Waals surface area contributed by atoms with Gasteiger partial charge in [-0.15, -0.1) is 0 Å². The van der Waals surface area contributed by atoms with Crippen molar-refractivity contribution in [1.82, 2.24) is 5.32 Å². The minimum atomic E-state index is -0.243. The number of hydrogen-bond acceptors (Lipinski definition) is 3. The second-order valence-electron chi connectivity index (χ2n) is 5.40. The number of amides is 2. The molecule has 5 heteroatoms. The molecule has 1 aliphatic carbocycles. The number of hydrogen-bond donors (Lipinski definition) is 3. The SMILES string of the molecule is CC(=O)Nc1ccc(C(=O)NC2(CN)CCCC2)cc1. The maximum Gasteiger partial charge on any atom is 0.251 e. The van der Waals surface area contributed by atoms with Gasteiger partial charge in [-0.05, 0) is 37.1 Å². The molecule has 0 aliphatic heterocycles. The average molecular weight is 275 g/mol. The highest BCUT2D eigenvalue weighted by molar-refractivity contribution is 5.96. The molecule has 0 bridgehead atoms. The van der Waals surface area contributed by atoms with Crippen molar-refractivity contribution < 1.29 is 9.59 Å². The second-order valence-corrected chi connectivity index (χ2v) is 5.40. The van der Waals surface area contributed by atoms with E-state index < -0.39 is 0 Å². The molecule has 1 aromatic carbocycles. The first-order valence-electron chi connectivity index (χ1n) is 6.95. The Labute approximate surface area is 118 Å². The Balaban J connectivity index is 2.03. The first-order chi connectivity index (χ1) is 9.54. The van der Waals surface area contributed by atoms with Gasteiger partial charge in [0.05, 0.1) is 5.54 Å². The van der Waals surface area contributed by atoms with E-state index in [0.29, 0.717) is 17.8 Å². The van der Waals surface area contributed by atoms with Gasteiger partial charge in [-0.2, -0.15) is 0 Å². The van der Waals surface area contributed by atoms with Crippen LogP contribution in [0.5, 0.6) is 0 Å². The lowest BCUT2D eigenvalue weighted by Gasteiger charge is -2.28. The van der Waals surface area contributed by atoms with Crippen molar-refractivity contribution in [2.24, 2.45) is 5.73 Å². The van der Waals surface area contributed by atoms with E-state index in [1.54, 1.807) is 24.3 Å². The molecule has 0 heterocycles. The Bertz CT molecular complexity index is 490. The molecule has 0 radical (unpaired) electrons. The third-order valence-corrected chi connectivity index (χ3v) is 3.80. The molecule has 1 saturated carbocycles. The summed E-state index contributed by atoms with van der Waals surface area (Å²) in [5.74, 6) is -0.234. The van der Waals surface area contributed by atoms with Crippen LogP contribution in [0, 0.1) is 0 Å². The van der Waals surface area contributed by atoms with Crippen LogP contribution < -0.4 is 16.4 Å². The summed E-state index contributed by atoms with van der Waals surface area (Å²) in [4.78, 5) is 23.2. The number of carbonyl (C=O) groups is 2. The highest BCUT2D eigenvalue weighted by atomic mass is 16.2. The summed E-state index contributed by atoms with van der Waals surface area (Å²) in [6.07, 6.45) is 4.11. The van der Waals surface area contributed by atoms with Crippen LogP contribution in [0.4, 0.5) is 5.69 Å². The number of benzene rings is 1. The van der Waals surface area contributed by atoms with E-state index in [4.69, 9.17) is 5.73 Å². The predicted octanol–water partition coefficient (Wildman–Crippen LogP) is 1.65. The maximum atomic E-state index is 12.2. The van der Waals surface area contributed by atoms with Crippen LogP contribution in [0.15, 0.2) is 24.3 Å². The third kappa shape index (κ3) is 3.36. The summed E-state index contributed by atoms with van der Waals surface area (Å²) in [7, 11) is 0. The molecule has 0 aromatic heterocycles. The molecule has 4 N–H and O–H groups in total. The minimum Gasteiger partial charge on any atom is -0.345 e. The molecule has 2 rings (SSSR count). The van der Waals surface area contributed by atoms with Gasteiger partial charge in [-0.25, -0.2) is 0 Å². The fourth-order valence-electron chi connectivity index (χ4n) is 2.65. The van der Waals surface area contributed by atoms with Gasteiger partial charge in [0.2, 0.25) is 5.91 Å². The highest BCUT2D eigenvalue weighted by Crippen LogP contribution is 2.29. The smallest absolute Gasteiger partial charge is 0.251 e. The zero-order valence-electron chi connectivity index (χ0n) is 11.7. The lowest BCUT2D eigenvalue weighted by atomic mass is 9.97. The van der Waals surface area contributed by atoms with Crippen LogP contribution in [0.1, 0.15) is 43.0 Å². The third-order valence-electron chi connectivity index (χ3n) is 3.80. The molecular weight excluding hydrogens is 254 g/mol. The Morgan fingerprint density at radius 1 is 1.20 bits per heavy atom. The van der Waals surface area contributed by atoms with E-state index in [1.165, 1.54) is 6.92 Å². The molecule has 1 fully saturated rings. The van der Waals surface area contributed by atoms with E-state index >= 15 is 0 Å². The van der Waals surface area contributed by atoms with Crippen molar-refractivity contribution in [3.8, 4) is 0 Å². The molecular formula is C15H21N3O2.